The van der Waals surface area contributed by atoms with Crippen molar-refractivity contribution in [2.45, 2.75) is 0 Å². The van der Waals surface area contributed by atoms with Crippen molar-refractivity contribution in [3.05, 3.63) is 119 Å². The van der Waals surface area contributed by atoms with E-state index in [0.717, 1.165) is 5.69 Å². The highest BCUT2D eigenvalue weighted by molar-refractivity contribution is 6.05. The number of carbonyl (C=O) groups excluding carboxylic acids is 3. The van der Waals surface area contributed by atoms with Crippen LogP contribution in [0.5, 0.6) is 23.0 Å². The number of benzene rings is 4. The summed E-state index contributed by atoms with van der Waals surface area (Å²) in [4.78, 5) is 40.7. The third-order valence-corrected chi connectivity index (χ3v) is 6.62. The van der Waals surface area contributed by atoms with E-state index >= 15 is 0 Å². The molecule has 0 aliphatic rings. The lowest BCUT2D eigenvalue weighted by Gasteiger charge is -2.13. The SMILES string of the molecule is COc1cc(C(=O)Oc2ccc(C=NNC(=O)C(=Cc3ccc(N(C)C)cc3)NC(=O)c3ccccc3)cc2)cc(OC)c1OC. The zero-order valence-corrected chi connectivity index (χ0v) is 26.1. The van der Waals surface area contributed by atoms with Crippen LogP contribution in [0.3, 0.4) is 0 Å². The van der Waals surface area contributed by atoms with E-state index in [0.29, 0.717) is 33.9 Å². The first-order valence-electron chi connectivity index (χ1n) is 14.0. The summed E-state index contributed by atoms with van der Waals surface area (Å²) in [7, 11) is 8.24. The lowest BCUT2D eigenvalue weighted by atomic mass is 10.1. The maximum atomic E-state index is 13.1. The van der Waals surface area contributed by atoms with Gasteiger partial charge in [0.25, 0.3) is 11.8 Å². The molecule has 0 radical (unpaired) electrons. The van der Waals surface area contributed by atoms with Gasteiger partial charge < -0.3 is 29.2 Å². The summed E-state index contributed by atoms with van der Waals surface area (Å²) in [5, 5.41) is 6.73. The van der Waals surface area contributed by atoms with Crippen molar-refractivity contribution in [1.82, 2.24) is 10.7 Å². The average Bonchev–Trinajstić information content (AvgIpc) is 3.08. The summed E-state index contributed by atoms with van der Waals surface area (Å²) >= 11 is 0. The third-order valence-electron chi connectivity index (χ3n) is 6.62. The molecule has 0 bridgehead atoms. The Morgan fingerprint density at radius 3 is 1.91 bits per heavy atom. The van der Waals surface area contributed by atoms with Crippen LogP contribution >= 0.6 is 0 Å². The zero-order chi connectivity index (χ0) is 33.1. The maximum Gasteiger partial charge on any atom is 0.343 e. The molecule has 46 heavy (non-hydrogen) atoms. The van der Waals surface area contributed by atoms with Crippen LogP contribution in [0.1, 0.15) is 31.8 Å². The van der Waals surface area contributed by atoms with Crippen molar-refractivity contribution in [3.8, 4) is 23.0 Å². The van der Waals surface area contributed by atoms with Crippen molar-refractivity contribution >= 4 is 35.8 Å². The highest BCUT2D eigenvalue weighted by Crippen LogP contribution is 2.38. The van der Waals surface area contributed by atoms with Crippen molar-refractivity contribution < 1.29 is 33.3 Å². The normalized spacial score (nSPS) is 11.0. The first-order chi connectivity index (χ1) is 22.2. The van der Waals surface area contributed by atoms with Gasteiger partial charge in [-0.1, -0.05) is 30.3 Å². The Morgan fingerprint density at radius 1 is 0.739 bits per heavy atom. The number of carbonyl (C=O) groups is 3. The van der Waals surface area contributed by atoms with Crippen molar-refractivity contribution in [2.75, 3.05) is 40.3 Å². The van der Waals surface area contributed by atoms with Crippen LogP contribution in [0, 0.1) is 0 Å². The number of amides is 2. The van der Waals surface area contributed by atoms with Crippen molar-refractivity contribution in [3.63, 3.8) is 0 Å². The predicted molar refractivity (Wildman–Crippen MR) is 176 cm³/mol. The van der Waals surface area contributed by atoms with Crippen LogP contribution < -0.4 is 34.6 Å². The van der Waals surface area contributed by atoms with Gasteiger partial charge in [-0.25, -0.2) is 10.2 Å². The number of hydrazone groups is 1. The van der Waals surface area contributed by atoms with E-state index in [-0.39, 0.29) is 17.0 Å². The molecule has 0 fully saturated rings. The molecular formula is C35H34N4O7. The van der Waals surface area contributed by atoms with Gasteiger partial charge in [0.2, 0.25) is 5.75 Å². The van der Waals surface area contributed by atoms with Crippen LogP contribution in [0.25, 0.3) is 6.08 Å². The van der Waals surface area contributed by atoms with E-state index in [1.807, 2.05) is 43.3 Å². The minimum atomic E-state index is -0.624. The average molecular weight is 623 g/mol. The fraction of sp³-hybridized carbons (Fsp3) is 0.143. The van der Waals surface area contributed by atoms with Crippen LogP contribution in [0.15, 0.2) is 102 Å². The molecule has 4 aromatic carbocycles. The van der Waals surface area contributed by atoms with Crippen LogP contribution in [0.4, 0.5) is 5.69 Å². The van der Waals surface area contributed by atoms with Crippen molar-refractivity contribution in [2.24, 2.45) is 5.10 Å². The molecule has 0 aliphatic heterocycles. The molecule has 2 amide bonds. The number of hydrogen-bond acceptors (Lipinski definition) is 9. The molecule has 0 saturated heterocycles. The van der Waals surface area contributed by atoms with Gasteiger partial charge in [0, 0.05) is 25.3 Å². The van der Waals surface area contributed by atoms with Crippen LogP contribution in [-0.4, -0.2) is 59.4 Å². The predicted octanol–water partition coefficient (Wildman–Crippen LogP) is 4.92. The molecule has 0 saturated carbocycles. The second-order valence-electron chi connectivity index (χ2n) is 9.94. The standard InChI is InChI=1S/C35H34N4O7/c1-39(2)27-15-11-23(12-16-27)19-29(37-33(40)25-9-7-6-8-10-25)34(41)38-36-22-24-13-17-28(18-14-24)46-35(42)26-20-30(43-3)32(45-5)31(21-26)44-4/h6-22H,1-5H3,(H,37,40)(H,38,41). The molecule has 0 unspecified atom stereocenters. The maximum absolute atomic E-state index is 13.1. The summed E-state index contributed by atoms with van der Waals surface area (Å²) < 4.78 is 21.4. The topological polar surface area (TPSA) is 128 Å². The lowest BCUT2D eigenvalue weighted by Crippen LogP contribution is -2.32. The van der Waals surface area contributed by atoms with Gasteiger partial charge in [0.15, 0.2) is 11.5 Å². The van der Waals surface area contributed by atoms with E-state index in [9.17, 15) is 14.4 Å². The lowest BCUT2D eigenvalue weighted by molar-refractivity contribution is -0.117. The second-order valence-corrected chi connectivity index (χ2v) is 9.94. The fourth-order valence-corrected chi connectivity index (χ4v) is 4.19. The number of nitrogens with zero attached hydrogens (tertiary/aromatic N) is 2. The van der Waals surface area contributed by atoms with Gasteiger partial charge >= 0.3 is 5.97 Å². The highest BCUT2D eigenvalue weighted by Gasteiger charge is 2.19. The number of anilines is 1. The highest BCUT2D eigenvalue weighted by atomic mass is 16.5. The van der Waals surface area contributed by atoms with Crippen molar-refractivity contribution in [1.29, 1.82) is 0 Å². The number of hydrogen-bond donors (Lipinski definition) is 2. The molecule has 4 rings (SSSR count). The molecule has 0 aromatic heterocycles. The van der Waals surface area contributed by atoms with E-state index in [2.05, 4.69) is 15.8 Å². The Balaban J connectivity index is 1.44. The third kappa shape index (κ3) is 8.50. The Bertz CT molecular complexity index is 1710. The number of ether oxygens (including phenoxy) is 4. The molecule has 4 aromatic rings. The number of esters is 1. The van der Waals surface area contributed by atoms with E-state index in [1.165, 1.54) is 39.7 Å². The Morgan fingerprint density at radius 2 is 1.35 bits per heavy atom. The Hall–Kier alpha value is -6.10. The molecule has 0 aliphatic carbocycles. The van der Waals surface area contributed by atoms with Gasteiger partial charge in [0.1, 0.15) is 11.4 Å². The quantitative estimate of drug-likeness (QED) is 0.0750. The molecule has 0 spiro atoms. The Labute approximate surface area is 267 Å². The number of nitrogens with one attached hydrogen (secondary N) is 2. The van der Waals surface area contributed by atoms with Gasteiger partial charge in [0.05, 0.1) is 33.1 Å². The number of rotatable bonds is 12. The molecule has 236 valence electrons. The van der Waals surface area contributed by atoms with Crippen LogP contribution in [0.2, 0.25) is 0 Å². The summed E-state index contributed by atoms with van der Waals surface area (Å²) in [6.45, 7) is 0. The van der Waals surface area contributed by atoms with E-state index in [1.54, 1.807) is 60.7 Å². The van der Waals surface area contributed by atoms with Gasteiger partial charge in [-0.3, -0.25) is 9.59 Å². The molecule has 0 atom stereocenters. The molecule has 0 heterocycles. The molecule has 2 N–H and O–H groups in total. The summed E-state index contributed by atoms with van der Waals surface area (Å²) in [6.07, 6.45) is 2.99. The number of methoxy groups -OCH3 is 3. The summed E-state index contributed by atoms with van der Waals surface area (Å²) in [5.41, 5.74) is 5.40. The van der Waals surface area contributed by atoms with Gasteiger partial charge in [-0.2, -0.15) is 5.10 Å². The summed E-state index contributed by atoms with van der Waals surface area (Å²) in [5.74, 6) is -0.391. The minimum Gasteiger partial charge on any atom is -0.493 e. The Kier molecular flexibility index (Phi) is 11.1. The zero-order valence-electron chi connectivity index (χ0n) is 26.1. The summed E-state index contributed by atoms with van der Waals surface area (Å²) in [6, 6.07) is 25.6. The molecule has 11 heteroatoms. The van der Waals surface area contributed by atoms with E-state index < -0.39 is 17.8 Å². The fourth-order valence-electron chi connectivity index (χ4n) is 4.19. The van der Waals surface area contributed by atoms with Gasteiger partial charge in [-0.05, 0) is 77.9 Å². The first kappa shape index (κ1) is 32.8. The monoisotopic (exact) mass is 622 g/mol. The largest absolute Gasteiger partial charge is 0.493 e. The van der Waals surface area contributed by atoms with Gasteiger partial charge in [-0.15, -0.1) is 0 Å². The first-order valence-corrected chi connectivity index (χ1v) is 14.0. The molecule has 11 nitrogen and oxygen atoms in total. The van der Waals surface area contributed by atoms with Crippen LogP contribution in [-0.2, 0) is 4.79 Å². The van der Waals surface area contributed by atoms with E-state index in [4.69, 9.17) is 18.9 Å². The molecular weight excluding hydrogens is 588 g/mol. The second kappa shape index (κ2) is 15.6. The smallest absolute Gasteiger partial charge is 0.343 e. The minimum absolute atomic E-state index is 0.0117.